The Kier molecular flexibility index (Phi) is 7.64. The van der Waals surface area contributed by atoms with Gasteiger partial charge in [0.1, 0.15) is 11.6 Å². The minimum atomic E-state index is -0.701. The zero-order valence-corrected chi connectivity index (χ0v) is 21.7. The molecule has 0 aliphatic heterocycles. The lowest BCUT2D eigenvalue weighted by molar-refractivity contribution is 0.00984. The molecule has 0 saturated heterocycles. The zero-order chi connectivity index (χ0) is 26.8. The fourth-order valence-electron chi connectivity index (χ4n) is 5.49. The molecule has 38 heavy (non-hydrogen) atoms. The number of methoxy groups -OCH3 is 1. The average molecular weight is 523 g/mol. The number of nitrogens with two attached hydrogens (primary N) is 1. The lowest BCUT2D eigenvalue weighted by Gasteiger charge is -2.38. The number of hydrogen-bond donors (Lipinski definition) is 2. The molecule has 0 spiro atoms. The standard InChI is InChI=1S/C28H32F2N6O2/c1-4-38-15-17-10-21(29)26(22(30)11-17)24-6-5-19-13-33-28(36(19)35-24)34-25-14-32-8-7-20(25)18-9-16(2)27(37-3)23(31)12-18/h5-8,10-11,13-14,16,18,23,27H,4,9,12,15,31H2,1-3H3,(H,33,34)/t16-,18?,23+,27+/m0/s1. The molecule has 4 atom stereocenters. The fourth-order valence-corrected chi connectivity index (χ4v) is 5.49. The smallest absolute Gasteiger partial charge is 0.229 e. The van der Waals surface area contributed by atoms with Gasteiger partial charge in [0.25, 0.3) is 0 Å². The largest absolute Gasteiger partial charge is 0.380 e. The second-order valence-electron chi connectivity index (χ2n) is 9.81. The highest BCUT2D eigenvalue weighted by Crippen LogP contribution is 2.40. The van der Waals surface area contributed by atoms with Crippen LogP contribution in [0.1, 0.15) is 43.7 Å². The number of rotatable bonds is 8. The highest BCUT2D eigenvalue weighted by atomic mass is 19.1. The van der Waals surface area contributed by atoms with Crippen LogP contribution in [-0.4, -0.2) is 45.4 Å². The van der Waals surface area contributed by atoms with Crippen molar-refractivity contribution in [3.05, 3.63) is 71.7 Å². The van der Waals surface area contributed by atoms with Gasteiger partial charge in [0.05, 0.1) is 47.6 Å². The van der Waals surface area contributed by atoms with E-state index in [2.05, 4.69) is 27.3 Å². The van der Waals surface area contributed by atoms with E-state index in [4.69, 9.17) is 15.2 Å². The Morgan fingerprint density at radius 3 is 2.63 bits per heavy atom. The summed E-state index contributed by atoms with van der Waals surface area (Å²) >= 11 is 0. The SMILES string of the molecule is CCOCc1cc(F)c(-c2ccc3cnc(Nc4cnccc4C4C[C@@H](N)[C@H](OC)[C@@H](C)C4)n3n2)c(F)c1. The Labute approximate surface area is 220 Å². The predicted octanol–water partition coefficient (Wildman–Crippen LogP) is 5.21. The van der Waals surface area contributed by atoms with Crippen molar-refractivity contribution in [1.82, 2.24) is 19.6 Å². The number of benzene rings is 1. The summed E-state index contributed by atoms with van der Waals surface area (Å²) in [6.45, 7) is 4.58. The molecule has 3 N–H and O–H groups in total. The molecule has 1 saturated carbocycles. The normalized spacial score (nSPS) is 21.6. The van der Waals surface area contributed by atoms with Gasteiger partial charge in [0.2, 0.25) is 5.95 Å². The number of imidazole rings is 1. The Morgan fingerprint density at radius 1 is 1.13 bits per heavy atom. The van der Waals surface area contributed by atoms with Crippen LogP contribution in [0, 0.1) is 17.6 Å². The first-order chi connectivity index (χ1) is 18.4. The van der Waals surface area contributed by atoms with E-state index in [1.807, 2.05) is 13.0 Å². The van der Waals surface area contributed by atoms with Crippen LogP contribution in [0.15, 0.2) is 48.9 Å². The molecule has 200 valence electrons. The zero-order valence-electron chi connectivity index (χ0n) is 21.7. The number of nitrogens with one attached hydrogen (secondary N) is 1. The molecule has 1 aliphatic carbocycles. The molecule has 1 fully saturated rings. The van der Waals surface area contributed by atoms with Crippen molar-refractivity contribution >= 4 is 17.2 Å². The third-order valence-corrected chi connectivity index (χ3v) is 7.22. The summed E-state index contributed by atoms with van der Waals surface area (Å²) in [6.07, 6.45) is 6.89. The summed E-state index contributed by atoms with van der Waals surface area (Å²) < 4.78 is 42.4. The molecule has 3 heterocycles. The molecule has 10 heteroatoms. The summed E-state index contributed by atoms with van der Waals surface area (Å²) in [6, 6.07) is 7.78. The molecule has 1 aliphatic rings. The maximum atomic E-state index is 15.0. The van der Waals surface area contributed by atoms with Crippen LogP contribution in [-0.2, 0) is 16.1 Å². The van der Waals surface area contributed by atoms with Crippen LogP contribution in [0.3, 0.4) is 0 Å². The third kappa shape index (κ3) is 5.11. The second kappa shape index (κ2) is 11.1. The fraction of sp³-hybridized carbons (Fsp3) is 0.393. The van der Waals surface area contributed by atoms with Gasteiger partial charge in [-0.05, 0) is 73.1 Å². The van der Waals surface area contributed by atoms with Gasteiger partial charge >= 0.3 is 0 Å². The Balaban J connectivity index is 1.46. The number of ether oxygens (including phenoxy) is 2. The topological polar surface area (TPSA) is 99.6 Å². The van der Waals surface area contributed by atoms with Crippen molar-refractivity contribution in [2.45, 2.75) is 51.4 Å². The predicted molar refractivity (Wildman–Crippen MR) is 141 cm³/mol. The van der Waals surface area contributed by atoms with Crippen LogP contribution in [0.2, 0.25) is 0 Å². The van der Waals surface area contributed by atoms with E-state index in [-0.39, 0.29) is 35.9 Å². The highest BCUT2D eigenvalue weighted by Gasteiger charge is 2.35. The van der Waals surface area contributed by atoms with E-state index >= 15 is 0 Å². The monoisotopic (exact) mass is 522 g/mol. The van der Waals surface area contributed by atoms with Gasteiger partial charge in [-0.15, -0.1) is 0 Å². The molecule has 5 rings (SSSR count). The second-order valence-corrected chi connectivity index (χ2v) is 9.81. The van der Waals surface area contributed by atoms with Crippen LogP contribution >= 0.6 is 0 Å². The molecule has 4 aromatic rings. The summed E-state index contributed by atoms with van der Waals surface area (Å²) in [5.74, 6) is -0.477. The number of pyridine rings is 1. The number of hydrogen-bond acceptors (Lipinski definition) is 7. The molecule has 1 aromatic carbocycles. The molecule has 0 radical (unpaired) electrons. The maximum absolute atomic E-state index is 15.0. The number of nitrogens with zero attached hydrogens (tertiary/aromatic N) is 4. The highest BCUT2D eigenvalue weighted by molar-refractivity contribution is 5.66. The van der Waals surface area contributed by atoms with Crippen molar-refractivity contribution in [3.63, 3.8) is 0 Å². The Bertz CT molecular complexity index is 1390. The lowest BCUT2D eigenvalue weighted by Crippen LogP contribution is -2.45. The van der Waals surface area contributed by atoms with Gasteiger partial charge < -0.3 is 20.5 Å². The van der Waals surface area contributed by atoms with Crippen LogP contribution < -0.4 is 11.1 Å². The summed E-state index contributed by atoms with van der Waals surface area (Å²) in [5.41, 5.74) is 9.35. The first kappa shape index (κ1) is 26.1. The minimum Gasteiger partial charge on any atom is -0.380 e. The van der Waals surface area contributed by atoms with Crippen molar-refractivity contribution < 1.29 is 18.3 Å². The molecule has 8 nitrogen and oxygen atoms in total. The van der Waals surface area contributed by atoms with Gasteiger partial charge in [-0.2, -0.15) is 9.61 Å². The average Bonchev–Trinajstić information content (AvgIpc) is 3.29. The van der Waals surface area contributed by atoms with Crippen molar-refractivity contribution in [2.24, 2.45) is 11.7 Å². The van der Waals surface area contributed by atoms with E-state index in [9.17, 15) is 8.78 Å². The van der Waals surface area contributed by atoms with E-state index in [1.54, 1.807) is 37.8 Å². The van der Waals surface area contributed by atoms with Crippen LogP contribution in [0.4, 0.5) is 20.4 Å². The molecular weight excluding hydrogens is 490 g/mol. The summed E-state index contributed by atoms with van der Waals surface area (Å²) in [4.78, 5) is 8.77. The van der Waals surface area contributed by atoms with Crippen molar-refractivity contribution in [2.75, 3.05) is 19.0 Å². The van der Waals surface area contributed by atoms with E-state index in [0.717, 1.165) is 24.1 Å². The van der Waals surface area contributed by atoms with E-state index in [0.29, 0.717) is 29.6 Å². The van der Waals surface area contributed by atoms with Crippen LogP contribution in [0.5, 0.6) is 0 Å². The van der Waals surface area contributed by atoms with Gasteiger partial charge in [0, 0.05) is 26.0 Å². The molecular formula is C28H32F2N6O2. The number of aromatic nitrogens is 4. The number of anilines is 2. The molecule has 0 bridgehead atoms. The van der Waals surface area contributed by atoms with Crippen LogP contribution in [0.25, 0.3) is 16.8 Å². The molecule has 0 amide bonds. The van der Waals surface area contributed by atoms with Gasteiger partial charge in [-0.3, -0.25) is 4.98 Å². The third-order valence-electron chi connectivity index (χ3n) is 7.22. The quantitative estimate of drug-likeness (QED) is 0.328. The first-order valence-corrected chi connectivity index (χ1v) is 12.8. The lowest BCUT2D eigenvalue weighted by atomic mass is 9.74. The van der Waals surface area contributed by atoms with Gasteiger partial charge in [-0.1, -0.05) is 6.92 Å². The Hall–Kier alpha value is -3.47. The van der Waals surface area contributed by atoms with E-state index in [1.165, 1.54) is 16.6 Å². The summed E-state index contributed by atoms with van der Waals surface area (Å²) in [5, 5.41) is 7.86. The molecule has 1 unspecified atom stereocenters. The Morgan fingerprint density at radius 2 is 1.92 bits per heavy atom. The minimum absolute atomic E-state index is 0.0254. The maximum Gasteiger partial charge on any atom is 0.229 e. The van der Waals surface area contributed by atoms with E-state index < -0.39 is 11.6 Å². The molecule has 3 aromatic heterocycles. The van der Waals surface area contributed by atoms with Crippen molar-refractivity contribution in [1.29, 1.82) is 0 Å². The number of halogens is 2. The van der Waals surface area contributed by atoms with Crippen molar-refractivity contribution in [3.8, 4) is 11.3 Å². The summed E-state index contributed by atoms with van der Waals surface area (Å²) in [7, 11) is 1.71. The van der Waals surface area contributed by atoms with Gasteiger partial charge in [-0.25, -0.2) is 13.8 Å². The van der Waals surface area contributed by atoms with Gasteiger partial charge in [0.15, 0.2) is 0 Å². The first-order valence-electron chi connectivity index (χ1n) is 12.8. The number of fused-ring (bicyclic) bond motifs is 1.